The van der Waals surface area contributed by atoms with Crippen molar-refractivity contribution < 1.29 is 0 Å². The number of aryl methyl sites for hydroxylation is 2. The van der Waals surface area contributed by atoms with Crippen molar-refractivity contribution in [3.05, 3.63) is 66.1 Å². The molecule has 0 N–H and O–H groups in total. The summed E-state index contributed by atoms with van der Waals surface area (Å²) in [4.78, 5) is 13.9. The molecule has 0 amide bonds. The number of unbranched alkanes of at least 4 members (excludes halogenated alkanes) is 7. The van der Waals surface area contributed by atoms with Crippen molar-refractivity contribution in [2.75, 3.05) is 0 Å². The first kappa shape index (κ1) is 23.1. The van der Waals surface area contributed by atoms with Crippen LogP contribution >= 0.6 is 0 Å². The number of aromatic nitrogens is 3. The van der Waals surface area contributed by atoms with Gasteiger partial charge in [-0.15, -0.1) is 0 Å². The van der Waals surface area contributed by atoms with Gasteiger partial charge in [0.15, 0.2) is 5.82 Å². The lowest BCUT2D eigenvalue weighted by molar-refractivity contribution is 0.631. The number of pyridine rings is 1. The SMILES string of the molecule is CCCCCCCc1cnc(-c2ccc(-c3ccc(CCCCCC)cn3)cc2)nc1. The Labute approximate surface area is 188 Å². The van der Waals surface area contributed by atoms with Crippen molar-refractivity contribution in [3.63, 3.8) is 0 Å². The Balaban J connectivity index is 1.53. The summed E-state index contributed by atoms with van der Waals surface area (Å²) in [6.07, 6.45) is 19.8. The van der Waals surface area contributed by atoms with Gasteiger partial charge in [-0.25, -0.2) is 9.97 Å². The maximum Gasteiger partial charge on any atom is 0.159 e. The average molecular weight is 416 g/mol. The van der Waals surface area contributed by atoms with Crippen molar-refractivity contribution in [3.8, 4) is 22.6 Å². The quantitative estimate of drug-likeness (QED) is 0.267. The molecule has 0 aliphatic carbocycles. The predicted molar refractivity (Wildman–Crippen MR) is 131 cm³/mol. The van der Waals surface area contributed by atoms with Crippen LogP contribution in [-0.2, 0) is 12.8 Å². The minimum Gasteiger partial charge on any atom is -0.256 e. The van der Waals surface area contributed by atoms with Gasteiger partial charge in [0.2, 0.25) is 0 Å². The second-order valence-electron chi connectivity index (χ2n) is 8.52. The first-order valence-corrected chi connectivity index (χ1v) is 12.2. The molecule has 2 aromatic heterocycles. The molecule has 0 bridgehead atoms. The maximum atomic E-state index is 4.68. The third-order valence-electron chi connectivity index (χ3n) is 5.86. The van der Waals surface area contributed by atoms with E-state index >= 15 is 0 Å². The smallest absolute Gasteiger partial charge is 0.159 e. The van der Waals surface area contributed by atoms with Gasteiger partial charge in [-0.2, -0.15) is 0 Å². The van der Waals surface area contributed by atoms with E-state index in [-0.39, 0.29) is 0 Å². The van der Waals surface area contributed by atoms with E-state index in [2.05, 4.69) is 65.2 Å². The van der Waals surface area contributed by atoms with Crippen molar-refractivity contribution in [2.24, 2.45) is 0 Å². The number of hydrogen-bond acceptors (Lipinski definition) is 3. The van der Waals surface area contributed by atoms with Gasteiger partial charge in [0.25, 0.3) is 0 Å². The zero-order valence-corrected chi connectivity index (χ0v) is 19.3. The molecular formula is C28H37N3. The van der Waals surface area contributed by atoms with E-state index < -0.39 is 0 Å². The van der Waals surface area contributed by atoms with E-state index in [4.69, 9.17) is 0 Å². The van der Waals surface area contributed by atoms with E-state index in [0.29, 0.717) is 0 Å². The lowest BCUT2D eigenvalue weighted by atomic mass is 10.0. The largest absolute Gasteiger partial charge is 0.256 e. The molecule has 3 heteroatoms. The number of benzene rings is 1. The van der Waals surface area contributed by atoms with E-state index in [1.165, 1.54) is 68.9 Å². The lowest BCUT2D eigenvalue weighted by Crippen LogP contribution is -1.94. The second kappa shape index (κ2) is 13.0. The molecule has 164 valence electrons. The maximum absolute atomic E-state index is 4.68. The Bertz CT molecular complexity index is 868. The minimum absolute atomic E-state index is 0.789. The Hall–Kier alpha value is -2.55. The summed E-state index contributed by atoms with van der Waals surface area (Å²) in [5, 5.41) is 0. The molecule has 31 heavy (non-hydrogen) atoms. The Morgan fingerprint density at radius 1 is 0.516 bits per heavy atom. The molecular weight excluding hydrogens is 378 g/mol. The first-order valence-electron chi connectivity index (χ1n) is 12.2. The minimum atomic E-state index is 0.789. The zero-order chi connectivity index (χ0) is 21.7. The fourth-order valence-electron chi connectivity index (χ4n) is 3.85. The normalized spacial score (nSPS) is 11.0. The third kappa shape index (κ3) is 7.57. The van der Waals surface area contributed by atoms with Crippen molar-refractivity contribution in [1.29, 1.82) is 0 Å². The first-order chi connectivity index (χ1) is 15.3. The molecule has 0 saturated carbocycles. The molecule has 0 aliphatic heterocycles. The van der Waals surface area contributed by atoms with Crippen LogP contribution in [0, 0.1) is 0 Å². The standard InChI is InChI=1S/C28H37N3/c1-3-5-7-9-11-13-24-21-30-28(31-22-24)26-17-15-25(16-18-26)27-19-14-23(20-29-27)12-10-8-6-4-2/h14-22H,3-13H2,1-2H3. The molecule has 1 aromatic carbocycles. The van der Waals surface area contributed by atoms with Gasteiger partial charge in [0.1, 0.15) is 0 Å². The van der Waals surface area contributed by atoms with Crippen LogP contribution in [0.15, 0.2) is 55.0 Å². The summed E-state index contributed by atoms with van der Waals surface area (Å²) in [5.74, 6) is 0.789. The highest BCUT2D eigenvalue weighted by atomic mass is 14.9. The Kier molecular flexibility index (Phi) is 9.69. The molecule has 0 unspecified atom stereocenters. The highest BCUT2D eigenvalue weighted by molar-refractivity contribution is 5.65. The van der Waals surface area contributed by atoms with Gasteiger partial charge in [0, 0.05) is 29.7 Å². The number of rotatable bonds is 13. The molecule has 0 fully saturated rings. The van der Waals surface area contributed by atoms with E-state index in [1.807, 2.05) is 18.6 Å². The van der Waals surface area contributed by atoms with Gasteiger partial charge < -0.3 is 0 Å². The number of hydrogen-bond donors (Lipinski definition) is 0. The monoisotopic (exact) mass is 415 g/mol. The molecule has 0 spiro atoms. The predicted octanol–water partition coefficient (Wildman–Crippen LogP) is 7.84. The molecule has 0 aliphatic rings. The molecule has 0 radical (unpaired) electrons. The lowest BCUT2D eigenvalue weighted by Gasteiger charge is -2.06. The fraction of sp³-hybridized carbons (Fsp3) is 0.464. The van der Waals surface area contributed by atoms with Crippen molar-refractivity contribution >= 4 is 0 Å². The van der Waals surface area contributed by atoms with Crippen LogP contribution in [0.25, 0.3) is 22.6 Å². The second-order valence-corrected chi connectivity index (χ2v) is 8.52. The third-order valence-corrected chi connectivity index (χ3v) is 5.86. The van der Waals surface area contributed by atoms with Gasteiger partial charge >= 0.3 is 0 Å². The summed E-state index contributed by atoms with van der Waals surface area (Å²) in [7, 11) is 0. The van der Waals surface area contributed by atoms with Crippen LogP contribution < -0.4 is 0 Å². The highest BCUT2D eigenvalue weighted by Crippen LogP contribution is 2.22. The van der Waals surface area contributed by atoms with Crippen LogP contribution in [0.3, 0.4) is 0 Å². The fourth-order valence-corrected chi connectivity index (χ4v) is 3.85. The summed E-state index contributed by atoms with van der Waals surface area (Å²) in [6, 6.07) is 12.8. The molecule has 0 saturated heterocycles. The molecule has 3 aromatic rings. The van der Waals surface area contributed by atoms with Crippen LogP contribution in [0.5, 0.6) is 0 Å². The van der Waals surface area contributed by atoms with Gasteiger partial charge in [0.05, 0.1) is 5.69 Å². The summed E-state index contributed by atoms with van der Waals surface area (Å²) in [5.41, 5.74) is 5.75. The average Bonchev–Trinajstić information content (AvgIpc) is 2.83. The summed E-state index contributed by atoms with van der Waals surface area (Å²) >= 11 is 0. The van der Waals surface area contributed by atoms with E-state index in [1.54, 1.807) is 0 Å². The Morgan fingerprint density at radius 3 is 1.68 bits per heavy atom. The topological polar surface area (TPSA) is 38.7 Å². The highest BCUT2D eigenvalue weighted by Gasteiger charge is 2.05. The summed E-state index contributed by atoms with van der Waals surface area (Å²) < 4.78 is 0. The van der Waals surface area contributed by atoms with Crippen LogP contribution in [0.2, 0.25) is 0 Å². The van der Waals surface area contributed by atoms with E-state index in [0.717, 1.165) is 35.5 Å². The van der Waals surface area contributed by atoms with Crippen molar-refractivity contribution in [2.45, 2.75) is 84.5 Å². The summed E-state index contributed by atoms with van der Waals surface area (Å²) in [6.45, 7) is 4.50. The van der Waals surface area contributed by atoms with Gasteiger partial charge in [-0.05, 0) is 42.9 Å². The van der Waals surface area contributed by atoms with Crippen LogP contribution in [0.4, 0.5) is 0 Å². The molecule has 0 atom stereocenters. The van der Waals surface area contributed by atoms with Gasteiger partial charge in [-0.3, -0.25) is 4.98 Å². The van der Waals surface area contributed by atoms with Crippen molar-refractivity contribution in [1.82, 2.24) is 15.0 Å². The van der Waals surface area contributed by atoms with Crippen LogP contribution in [0.1, 0.15) is 82.8 Å². The van der Waals surface area contributed by atoms with E-state index in [9.17, 15) is 0 Å². The van der Waals surface area contributed by atoms with Gasteiger partial charge in [-0.1, -0.05) is 89.1 Å². The molecule has 3 rings (SSSR count). The molecule has 2 heterocycles. The molecule has 3 nitrogen and oxygen atoms in total. The zero-order valence-electron chi connectivity index (χ0n) is 19.3. The number of nitrogens with zero attached hydrogens (tertiary/aromatic N) is 3. The Morgan fingerprint density at radius 2 is 1.06 bits per heavy atom. The van der Waals surface area contributed by atoms with Crippen LogP contribution in [-0.4, -0.2) is 15.0 Å².